The maximum Gasteiger partial charge on any atom is 0.260 e. The summed E-state index contributed by atoms with van der Waals surface area (Å²) in [5, 5.41) is 9.15. The fourth-order valence-corrected chi connectivity index (χ4v) is 3.94. The summed E-state index contributed by atoms with van der Waals surface area (Å²) in [5.74, 6) is 0.935. The minimum atomic E-state index is -3.47. The number of nitrogens with one attached hydrogen (secondary N) is 1. The highest BCUT2D eigenvalue weighted by atomic mass is 32.2. The smallest absolute Gasteiger partial charge is 0.260 e. The SMILES string of the molecule is CCc1ncc(S(=O)(=O)N2CCCC(CCO)C2)[nH]1. The Morgan fingerprint density at radius 2 is 2.37 bits per heavy atom. The first kappa shape index (κ1) is 14.5. The summed E-state index contributed by atoms with van der Waals surface area (Å²) in [6.45, 7) is 3.07. The monoisotopic (exact) mass is 287 g/mol. The Bertz CT molecular complexity index is 510. The van der Waals surface area contributed by atoms with Crippen molar-refractivity contribution >= 4 is 10.0 Å². The Labute approximate surface area is 113 Å². The van der Waals surface area contributed by atoms with E-state index in [1.807, 2.05) is 6.92 Å². The van der Waals surface area contributed by atoms with Crippen molar-refractivity contribution in [3.63, 3.8) is 0 Å². The van der Waals surface area contributed by atoms with Crippen molar-refractivity contribution in [2.75, 3.05) is 19.7 Å². The largest absolute Gasteiger partial charge is 0.396 e. The minimum absolute atomic E-state index is 0.114. The van der Waals surface area contributed by atoms with Gasteiger partial charge in [0.2, 0.25) is 0 Å². The Kier molecular flexibility index (Phi) is 4.59. The second-order valence-corrected chi connectivity index (χ2v) is 6.84. The van der Waals surface area contributed by atoms with Crippen LogP contribution in [0, 0.1) is 5.92 Å². The van der Waals surface area contributed by atoms with Gasteiger partial charge in [0.05, 0.1) is 6.20 Å². The molecule has 0 radical (unpaired) electrons. The van der Waals surface area contributed by atoms with E-state index >= 15 is 0 Å². The number of piperidine rings is 1. The molecule has 1 unspecified atom stereocenters. The first-order valence-electron chi connectivity index (χ1n) is 6.72. The zero-order chi connectivity index (χ0) is 13.9. The second kappa shape index (κ2) is 6.02. The molecule has 7 heteroatoms. The molecular weight excluding hydrogens is 266 g/mol. The fraction of sp³-hybridized carbons (Fsp3) is 0.750. The van der Waals surface area contributed by atoms with E-state index in [2.05, 4.69) is 9.97 Å². The summed E-state index contributed by atoms with van der Waals surface area (Å²) in [6.07, 6.45) is 4.57. The molecular formula is C12H21N3O3S. The fourth-order valence-electron chi connectivity index (χ4n) is 2.46. The van der Waals surface area contributed by atoms with Crippen molar-refractivity contribution in [2.24, 2.45) is 5.92 Å². The van der Waals surface area contributed by atoms with Crippen LogP contribution in [0.1, 0.15) is 32.0 Å². The van der Waals surface area contributed by atoms with Crippen LogP contribution < -0.4 is 0 Å². The Morgan fingerprint density at radius 3 is 3.00 bits per heavy atom. The van der Waals surface area contributed by atoms with E-state index in [-0.39, 0.29) is 17.6 Å². The quantitative estimate of drug-likeness (QED) is 0.837. The number of hydrogen-bond acceptors (Lipinski definition) is 4. The molecule has 1 saturated heterocycles. The van der Waals surface area contributed by atoms with Gasteiger partial charge < -0.3 is 10.1 Å². The van der Waals surface area contributed by atoms with E-state index in [1.165, 1.54) is 10.5 Å². The average Bonchev–Trinajstić information content (AvgIpc) is 2.89. The van der Waals surface area contributed by atoms with E-state index in [4.69, 9.17) is 5.11 Å². The van der Waals surface area contributed by atoms with Crippen molar-refractivity contribution in [3.8, 4) is 0 Å². The van der Waals surface area contributed by atoms with Crippen LogP contribution in [-0.2, 0) is 16.4 Å². The topological polar surface area (TPSA) is 86.3 Å². The summed E-state index contributed by atoms with van der Waals surface area (Å²) in [5.41, 5.74) is 0. The summed E-state index contributed by atoms with van der Waals surface area (Å²) < 4.78 is 26.4. The molecule has 0 bridgehead atoms. The number of aromatic nitrogens is 2. The van der Waals surface area contributed by atoms with Crippen LogP contribution in [-0.4, -0.2) is 47.5 Å². The lowest BCUT2D eigenvalue weighted by Gasteiger charge is -2.31. The highest BCUT2D eigenvalue weighted by Gasteiger charge is 2.31. The van der Waals surface area contributed by atoms with Crippen LogP contribution in [0.15, 0.2) is 11.2 Å². The van der Waals surface area contributed by atoms with Crippen LogP contribution in [0.2, 0.25) is 0 Å². The van der Waals surface area contributed by atoms with Crippen molar-refractivity contribution in [2.45, 2.75) is 37.6 Å². The molecule has 0 saturated carbocycles. The second-order valence-electron chi connectivity index (χ2n) is 4.93. The molecule has 2 heterocycles. The summed E-state index contributed by atoms with van der Waals surface area (Å²) in [6, 6.07) is 0. The molecule has 0 aromatic carbocycles. The van der Waals surface area contributed by atoms with Gasteiger partial charge in [0.15, 0.2) is 5.03 Å². The first-order valence-corrected chi connectivity index (χ1v) is 8.16. The molecule has 1 aliphatic heterocycles. The lowest BCUT2D eigenvalue weighted by molar-refractivity contribution is 0.202. The third-order valence-corrected chi connectivity index (χ3v) is 5.35. The van der Waals surface area contributed by atoms with Gasteiger partial charge in [-0.05, 0) is 25.2 Å². The van der Waals surface area contributed by atoms with Crippen LogP contribution in [0.25, 0.3) is 0 Å². The van der Waals surface area contributed by atoms with Gasteiger partial charge in [0, 0.05) is 26.1 Å². The van der Waals surface area contributed by atoms with Gasteiger partial charge in [0.1, 0.15) is 5.82 Å². The molecule has 0 aliphatic carbocycles. The number of hydrogen-bond donors (Lipinski definition) is 2. The number of aryl methyl sites for hydroxylation is 1. The molecule has 1 aromatic heterocycles. The summed E-state index contributed by atoms with van der Waals surface area (Å²) in [7, 11) is -3.47. The molecule has 1 fully saturated rings. The predicted octanol–water partition coefficient (Wildman–Crippen LogP) is 0.755. The Balaban J connectivity index is 2.14. The van der Waals surface area contributed by atoms with Gasteiger partial charge in [-0.3, -0.25) is 0 Å². The van der Waals surface area contributed by atoms with Gasteiger partial charge in [-0.15, -0.1) is 0 Å². The van der Waals surface area contributed by atoms with Gasteiger partial charge in [-0.2, -0.15) is 4.31 Å². The van der Waals surface area contributed by atoms with Gasteiger partial charge in [-0.25, -0.2) is 13.4 Å². The van der Waals surface area contributed by atoms with E-state index in [0.717, 1.165) is 12.8 Å². The van der Waals surface area contributed by atoms with E-state index in [9.17, 15) is 8.42 Å². The number of aliphatic hydroxyl groups excluding tert-OH is 1. The van der Waals surface area contributed by atoms with E-state index in [1.54, 1.807) is 0 Å². The maximum absolute atomic E-state index is 12.5. The molecule has 0 amide bonds. The van der Waals surface area contributed by atoms with Crippen LogP contribution in [0.4, 0.5) is 0 Å². The van der Waals surface area contributed by atoms with Gasteiger partial charge >= 0.3 is 0 Å². The van der Waals surface area contributed by atoms with Crippen molar-refractivity contribution < 1.29 is 13.5 Å². The predicted molar refractivity (Wildman–Crippen MR) is 71.2 cm³/mol. The van der Waals surface area contributed by atoms with Crippen molar-refractivity contribution in [1.29, 1.82) is 0 Å². The number of imidazole rings is 1. The number of nitrogens with zero attached hydrogens (tertiary/aromatic N) is 2. The number of H-pyrrole nitrogens is 1. The molecule has 1 aliphatic rings. The Morgan fingerprint density at radius 1 is 1.58 bits per heavy atom. The van der Waals surface area contributed by atoms with Gasteiger partial charge in [-0.1, -0.05) is 6.92 Å². The number of sulfonamides is 1. The molecule has 2 rings (SSSR count). The molecule has 0 spiro atoms. The zero-order valence-corrected chi connectivity index (χ0v) is 12.0. The molecule has 6 nitrogen and oxygen atoms in total. The standard InChI is InChI=1S/C12H21N3O3S/c1-2-11-13-8-12(14-11)19(17,18)15-6-3-4-10(9-15)5-7-16/h8,10,16H,2-7,9H2,1H3,(H,13,14). The first-order chi connectivity index (χ1) is 9.07. The number of rotatable bonds is 5. The van der Waals surface area contributed by atoms with Crippen molar-refractivity contribution in [3.05, 3.63) is 12.0 Å². The molecule has 108 valence electrons. The zero-order valence-electron chi connectivity index (χ0n) is 11.2. The lowest BCUT2D eigenvalue weighted by Crippen LogP contribution is -2.40. The van der Waals surface area contributed by atoms with Crippen molar-refractivity contribution in [1.82, 2.24) is 14.3 Å². The highest BCUT2D eigenvalue weighted by Crippen LogP contribution is 2.24. The molecule has 1 atom stereocenters. The number of aromatic amines is 1. The molecule has 2 N–H and O–H groups in total. The highest BCUT2D eigenvalue weighted by molar-refractivity contribution is 7.89. The summed E-state index contributed by atoms with van der Waals surface area (Å²) >= 11 is 0. The normalized spacial score (nSPS) is 21.7. The maximum atomic E-state index is 12.5. The Hall–Kier alpha value is -0.920. The third kappa shape index (κ3) is 3.16. The van der Waals surface area contributed by atoms with E-state index in [0.29, 0.717) is 31.8 Å². The van der Waals surface area contributed by atoms with E-state index < -0.39 is 10.0 Å². The van der Waals surface area contributed by atoms with Crippen LogP contribution in [0.5, 0.6) is 0 Å². The number of aliphatic hydroxyl groups is 1. The molecule has 19 heavy (non-hydrogen) atoms. The van der Waals surface area contributed by atoms with Gasteiger partial charge in [0.25, 0.3) is 10.0 Å². The summed E-state index contributed by atoms with van der Waals surface area (Å²) in [4.78, 5) is 6.91. The molecule has 1 aromatic rings. The average molecular weight is 287 g/mol. The van der Waals surface area contributed by atoms with Crippen LogP contribution in [0.3, 0.4) is 0 Å². The van der Waals surface area contributed by atoms with Crippen LogP contribution >= 0.6 is 0 Å². The minimum Gasteiger partial charge on any atom is -0.396 e. The third-order valence-electron chi connectivity index (χ3n) is 3.58. The lowest BCUT2D eigenvalue weighted by atomic mass is 9.97.